The summed E-state index contributed by atoms with van der Waals surface area (Å²) < 4.78 is 24.9. The van der Waals surface area contributed by atoms with Gasteiger partial charge < -0.3 is 29.4 Å². The van der Waals surface area contributed by atoms with Crippen LogP contribution >= 0.6 is 0 Å². The molecule has 2 aliphatic heterocycles. The third-order valence-electron chi connectivity index (χ3n) is 10.3. The van der Waals surface area contributed by atoms with Crippen LogP contribution in [-0.4, -0.2) is 49.3 Å². The Labute approximate surface area is 305 Å². The van der Waals surface area contributed by atoms with Gasteiger partial charge in [0.1, 0.15) is 0 Å². The molecule has 4 unspecified atom stereocenters. The van der Waals surface area contributed by atoms with Crippen LogP contribution < -0.4 is 14.8 Å². The van der Waals surface area contributed by atoms with Gasteiger partial charge in [0.05, 0.1) is 33.0 Å². The van der Waals surface area contributed by atoms with Crippen molar-refractivity contribution in [2.75, 3.05) is 27.3 Å². The summed E-state index contributed by atoms with van der Waals surface area (Å²) in [6.07, 6.45) is 0.0135. The van der Waals surface area contributed by atoms with Crippen molar-refractivity contribution >= 4 is 5.91 Å². The van der Waals surface area contributed by atoms with Crippen LogP contribution in [0.4, 0.5) is 0 Å². The van der Waals surface area contributed by atoms with E-state index >= 15 is 0 Å². The number of hydrogen-bond acceptors (Lipinski definition) is 7. The van der Waals surface area contributed by atoms with Gasteiger partial charge in [0.15, 0.2) is 17.8 Å². The van der Waals surface area contributed by atoms with Crippen LogP contribution in [0.25, 0.3) is 11.1 Å². The average Bonchev–Trinajstić information content (AvgIpc) is 3.20. The summed E-state index contributed by atoms with van der Waals surface area (Å²) in [5.41, 5.74) is 9.13. The Bertz CT molecular complexity index is 1980. The minimum absolute atomic E-state index is 0.00377. The molecule has 7 rings (SSSR count). The predicted molar refractivity (Wildman–Crippen MR) is 201 cm³/mol. The van der Waals surface area contributed by atoms with E-state index in [1.807, 2.05) is 60.7 Å². The summed E-state index contributed by atoms with van der Waals surface area (Å²) in [6.45, 7) is 5.07. The highest BCUT2D eigenvalue weighted by atomic mass is 16.7. The zero-order valence-corrected chi connectivity index (χ0v) is 30.0. The molecule has 8 nitrogen and oxygen atoms in total. The van der Waals surface area contributed by atoms with Gasteiger partial charge in [-0.15, -0.1) is 0 Å². The van der Waals surface area contributed by atoms with Crippen molar-refractivity contribution in [3.8, 4) is 22.6 Å². The summed E-state index contributed by atoms with van der Waals surface area (Å²) in [7, 11) is 3.35. The SMILES string of the molecule is COc1cc2c(cc1OC)CN(CC1OC(c3cccc(-c4cccc(CNC(=O)c5ccccc5)c4)c3)OC(c3ccc(CO)cc3)C1C)CC2. The molecule has 2 heterocycles. The van der Waals surface area contributed by atoms with E-state index in [2.05, 4.69) is 71.7 Å². The van der Waals surface area contributed by atoms with Gasteiger partial charge in [-0.3, -0.25) is 9.69 Å². The molecule has 0 aromatic heterocycles. The van der Waals surface area contributed by atoms with E-state index in [-0.39, 0.29) is 30.6 Å². The molecular weight excluding hydrogens is 652 g/mol. The number of aliphatic hydroxyl groups is 1. The number of nitrogens with zero attached hydrogens (tertiary/aromatic N) is 1. The van der Waals surface area contributed by atoms with Crippen LogP contribution in [0.3, 0.4) is 0 Å². The molecule has 0 saturated carbocycles. The van der Waals surface area contributed by atoms with Gasteiger partial charge in [0.2, 0.25) is 0 Å². The number of amides is 1. The van der Waals surface area contributed by atoms with Crippen LogP contribution in [0, 0.1) is 5.92 Å². The fourth-order valence-electron chi connectivity index (χ4n) is 7.28. The van der Waals surface area contributed by atoms with Crippen LogP contribution in [0.5, 0.6) is 11.5 Å². The van der Waals surface area contributed by atoms with E-state index < -0.39 is 6.29 Å². The molecule has 2 N–H and O–H groups in total. The number of aliphatic hydroxyl groups excluding tert-OH is 1. The first-order valence-corrected chi connectivity index (χ1v) is 17.9. The van der Waals surface area contributed by atoms with Gasteiger partial charge in [-0.25, -0.2) is 0 Å². The second kappa shape index (κ2) is 16.1. The number of fused-ring (bicyclic) bond motifs is 1. The van der Waals surface area contributed by atoms with E-state index in [0.717, 1.165) is 70.9 Å². The van der Waals surface area contributed by atoms with E-state index in [1.54, 1.807) is 14.2 Å². The van der Waals surface area contributed by atoms with E-state index in [4.69, 9.17) is 18.9 Å². The lowest BCUT2D eigenvalue weighted by molar-refractivity contribution is -0.276. The second-order valence-corrected chi connectivity index (χ2v) is 13.7. The highest BCUT2D eigenvalue weighted by molar-refractivity contribution is 5.94. The minimum atomic E-state index is -0.585. The second-order valence-electron chi connectivity index (χ2n) is 13.7. The van der Waals surface area contributed by atoms with Crippen LogP contribution in [0.1, 0.15) is 63.1 Å². The first kappa shape index (κ1) is 35.4. The molecule has 0 aliphatic carbocycles. The molecule has 5 aromatic carbocycles. The summed E-state index contributed by atoms with van der Waals surface area (Å²) >= 11 is 0. The maximum Gasteiger partial charge on any atom is 0.251 e. The zero-order valence-electron chi connectivity index (χ0n) is 30.0. The molecule has 52 heavy (non-hydrogen) atoms. The minimum Gasteiger partial charge on any atom is -0.493 e. The monoisotopic (exact) mass is 698 g/mol. The Morgan fingerprint density at radius 2 is 1.50 bits per heavy atom. The molecule has 0 bridgehead atoms. The molecular formula is C44H46N2O6. The number of nitrogens with one attached hydrogen (secondary N) is 1. The van der Waals surface area contributed by atoms with Gasteiger partial charge in [0, 0.05) is 43.2 Å². The maximum atomic E-state index is 12.7. The Kier molecular flexibility index (Phi) is 11.0. The van der Waals surface area contributed by atoms with Crippen molar-refractivity contribution in [1.29, 1.82) is 0 Å². The number of methoxy groups -OCH3 is 2. The first-order valence-electron chi connectivity index (χ1n) is 17.9. The molecule has 5 aromatic rings. The first-order chi connectivity index (χ1) is 25.4. The van der Waals surface area contributed by atoms with Crippen LogP contribution in [0.15, 0.2) is 115 Å². The summed E-state index contributed by atoms with van der Waals surface area (Å²) in [4.78, 5) is 15.1. The molecule has 268 valence electrons. The fraction of sp³-hybridized carbons (Fsp3) is 0.295. The van der Waals surface area contributed by atoms with Crippen LogP contribution in [0.2, 0.25) is 0 Å². The average molecular weight is 699 g/mol. The van der Waals surface area contributed by atoms with Gasteiger partial charge in [-0.1, -0.05) is 85.8 Å². The topological polar surface area (TPSA) is 89.5 Å². The Balaban J connectivity index is 1.12. The van der Waals surface area contributed by atoms with Crippen molar-refractivity contribution in [1.82, 2.24) is 10.2 Å². The third-order valence-corrected chi connectivity index (χ3v) is 10.3. The lowest BCUT2D eigenvalue weighted by Crippen LogP contribution is -2.45. The Morgan fingerprint density at radius 3 is 2.23 bits per heavy atom. The van der Waals surface area contributed by atoms with Crippen molar-refractivity contribution in [2.45, 2.75) is 51.5 Å². The lowest BCUT2D eigenvalue weighted by atomic mass is 9.89. The van der Waals surface area contributed by atoms with Crippen molar-refractivity contribution in [3.63, 3.8) is 0 Å². The molecule has 1 fully saturated rings. The normalized spacial score (nSPS) is 20.2. The zero-order chi connectivity index (χ0) is 36.0. The quantitative estimate of drug-likeness (QED) is 0.147. The molecule has 2 aliphatic rings. The standard InChI is InChI=1S/C44H46N2O6/c1-29-41(27-46-20-19-36-23-39(49-2)40(50-3)24-38(36)26-46)51-44(52-42(29)32-17-15-30(28-47)16-18-32)37-14-8-13-35(22-37)34-12-7-9-31(21-34)25-45-43(48)33-10-5-4-6-11-33/h4-18,21-24,29,41-42,44,47H,19-20,25-28H2,1-3H3,(H,45,48). The molecule has 8 heteroatoms. The fourth-order valence-corrected chi connectivity index (χ4v) is 7.28. The number of carbonyl (C=O) groups excluding carboxylic acids is 1. The maximum absolute atomic E-state index is 12.7. The molecule has 0 radical (unpaired) electrons. The Morgan fingerprint density at radius 1 is 0.788 bits per heavy atom. The highest BCUT2D eigenvalue weighted by Crippen LogP contribution is 2.43. The van der Waals surface area contributed by atoms with Gasteiger partial charge in [0.25, 0.3) is 5.91 Å². The predicted octanol–water partition coefficient (Wildman–Crippen LogP) is 7.64. The number of benzene rings is 5. The van der Waals surface area contributed by atoms with Gasteiger partial charge in [-0.2, -0.15) is 0 Å². The van der Waals surface area contributed by atoms with E-state index in [1.165, 1.54) is 11.1 Å². The smallest absolute Gasteiger partial charge is 0.251 e. The van der Waals surface area contributed by atoms with Gasteiger partial charge in [-0.05, 0) is 81.8 Å². The molecule has 1 saturated heterocycles. The molecule has 0 spiro atoms. The van der Waals surface area contributed by atoms with Gasteiger partial charge >= 0.3 is 0 Å². The lowest BCUT2D eigenvalue weighted by Gasteiger charge is -2.43. The number of carbonyl (C=O) groups is 1. The highest BCUT2D eigenvalue weighted by Gasteiger charge is 2.39. The summed E-state index contributed by atoms with van der Waals surface area (Å²) in [5, 5.41) is 12.7. The van der Waals surface area contributed by atoms with Crippen molar-refractivity contribution < 1.29 is 28.8 Å². The van der Waals surface area contributed by atoms with Crippen LogP contribution in [-0.2, 0) is 35.6 Å². The van der Waals surface area contributed by atoms with Crippen molar-refractivity contribution in [2.24, 2.45) is 5.92 Å². The van der Waals surface area contributed by atoms with E-state index in [0.29, 0.717) is 12.1 Å². The van der Waals surface area contributed by atoms with Crippen molar-refractivity contribution in [3.05, 3.63) is 154 Å². The Hall–Kier alpha value is -4.99. The summed E-state index contributed by atoms with van der Waals surface area (Å²) in [6, 6.07) is 38.1. The molecule has 1 amide bonds. The summed E-state index contributed by atoms with van der Waals surface area (Å²) in [5.74, 6) is 1.47. The largest absolute Gasteiger partial charge is 0.493 e. The van der Waals surface area contributed by atoms with E-state index in [9.17, 15) is 9.90 Å². The molecule has 4 atom stereocenters. The third kappa shape index (κ3) is 7.91. The number of hydrogen-bond donors (Lipinski definition) is 2. The number of ether oxygens (including phenoxy) is 4. The number of rotatable bonds is 11.